The Kier molecular flexibility index (Phi) is 11.2. The maximum Gasteiger partial charge on any atom is 0.327 e. The lowest BCUT2D eigenvalue weighted by Crippen LogP contribution is -2.58. The average molecular weight is 420 g/mol. The van der Waals surface area contributed by atoms with Gasteiger partial charge in [0.1, 0.15) is 18.1 Å². The van der Waals surface area contributed by atoms with Crippen LogP contribution < -0.4 is 21.7 Å². The first-order valence-electron chi connectivity index (χ1n) is 8.62. The Morgan fingerprint density at radius 1 is 0.893 bits per heavy atom. The van der Waals surface area contributed by atoms with Gasteiger partial charge in [-0.2, -0.15) is 12.6 Å². The summed E-state index contributed by atoms with van der Waals surface area (Å²) in [5, 5.41) is 24.9. The number of carbonyl (C=O) groups is 5. The molecule has 0 radical (unpaired) electrons. The molecule has 0 rings (SSSR count). The lowest BCUT2D eigenvalue weighted by Gasteiger charge is -2.26. The zero-order valence-corrected chi connectivity index (χ0v) is 16.9. The second kappa shape index (κ2) is 12.2. The molecule has 160 valence electrons. The minimum atomic E-state index is -1.28. The van der Waals surface area contributed by atoms with Crippen LogP contribution in [0.2, 0.25) is 0 Å². The number of amides is 3. The first kappa shape index (κ1) is 25.7. The molecule has 7 N–H and O–H groups in total. The van der Waals surface area contributed by atoms with Gasteiger partial charge >= 0.3 is 11.9 Å². The molecule has 12 heteroatoms. The van der Waals surface area contributed by atoms with E-state index in [1.807, 2.05) is 0 Å². The summed E-state index contributed by atoms with van der Waals surface area (Å²) in [6.45, 7) is 4.66. The number of carboxylic acids is 2. The Morgan fingerprint density at radius 2 is 1.43 bits per heavy atom. The van der Waals surface area contributed by atoms with Gasteiger partial charge in [-0.1, -0.05) is 13.8 Å². The minimum Gasteiger partial charge on any atom is -0.481 e. The van der Waals surface area contributed by atoms with Gasteiger partial charge in [0.25, 0.3) is 0 Å². The number of rotatable bonds is 12. The summed E-state index contributed by atoms with van der Waals surface area (Å²) in [5.74, 6) is -5.17. The third-order valence-corrected chi connectivity index (χ3v) is 4.10. The molecule has 0 aliphatic rings. The summed E-state index contributed by atoms with van der Waals surface area (Å²) in [4.78, 5) is 58.6. The Balaban J connectivity index is 5.30. The summed E-state index contributed by atoms with van der Waals surface area (Å²) in [7, 11) is 0. The quantitative estimate of drug-likeness (QED) is 0.182. The summed E-state index contributed by atoms with van der Waals surface area (Å²) < 4.78 is 0. The molecule has 3 amide bonds. The maximum atomic E-state index is 12.6. The van der Waals surface area contributed by atoms with Gasteiger partial charge in [-0.25, -0.2) is 4.79 Å². The van der Waals surface area contributed by atoms with Crippen molar-refractivity contribution in [1.82, 2.24) is 16.0 Å². The van der Waals surface area contributed by atoms with Crippen molar-refractivity contribution in [3.63, 3.8) is 0 Å². The van der Waals surface area contributed by atoms with Gasteiger partial charge in [-0.3, -0.25) is 19.2 Å². The highest BCUT2D eigenvalue weighted by molar-refractivity contribution is 7.80. The number of carbonyl (C=O) groups excluding carboxylic acids is 3. The molecule has 0 aromatic heterocycles. The number of carboxylic acid groups (broad SMARTS) is 2. The van der Waals surface area contributed by atoms with Crippen molar-refractivity contribution in [3.8, 4) is 0 Å². The van der Waals surface area contributed by atoms with Gasteiger partial charge in [0, 0.05) is 12.2 Å². The second-order valence-corrected chi connectivity index (χ2v) is 6.96. The lowest BCUT2D eigenvalue weighted by atomic mass is 10.0. The molecule has 0 aliphatic heterocycles. The van der Waals surface area contributed by atoms with Crippen molar-refractivity contribution in [2.45, 2.75) is 57.8 Å². The third-order valence-electron chi connectivity index (χ3n) is 3.74. The van der Waals surface area contributed by atoms with Crippen molar-refractivity contribution in [2.75, 3.05) is 5.75 Å². The third kappa shape index (κ3) is 9.04. The lowest BCUT2D eigenvalue weighted by molar-refractivity contribution is -0.142. The fourth-order valence-electron chi connectivity index (χ4n) is 2.08. The van der Waals surface area contributed by atoms with E-state index in [4.69, 9.17) is 15.9 Å². The van der Waals surface area contributed by atoms with Crippen molar-refractivity contribution < 1.29 is 34.2 Å². The Bertz CT molecular complexity index is 598. The topological polar surface area (TPSA) is 188 Å². The molecule has 0 heterocycles. The van der Waals surface area contributed by atoms with Crippen LogP contribution in [0.4, 0.5) is 0 Å². The molecule has 0 saturated carbocycles. The Labute approximate surface area is 168 Å². The van der Waals surface area contributed by atoms with E-state index in [0.29, 0.717) is 0 Å². The molecule has 11 nitrogen and oxygen atoms in total. The predicted octanol–water partition coefficient (Wildman–Crippen LogP) is -1.68. The maximum absolute atomic E-state index is 12.6. The zero-order chi connectivity index (χ0) is 22.0. The van der Waals surface area contributed by atoms with E-state index in [0.717, 1.165) is 0 Å². The highest BCUT2D eigenvalue weighted by atomic mass is 32.1. The monoisotopic (exact) mass is 420 g/mol. The molecule has 0 spiro atoms. The first-order valence-corrected chi connectivity index (χ1v) is 9.26. The Morgan fingerprint density at radius 3 is 1.82 bits per heavy atom. The van der Waals surface area contributed by atoms with Crippen LogP contribution >= 0.6 is 12.6 Å². The van der Waals surface area contributed by atoms with Gasteiger partial charge in [-0.05, 0) is 19.3 Å². The molecule has 4 atom stereocenters. The van der Waals surface area contributed by atoms with E-state index in [-0.39, 0.29) is 12.2 Å². The molecular weight excluding hydrogens is 392 g/mol. The van der Waals surface area contributed by atoms with Gasteiger partial charge in [-0.15, -0.1) is 0 Å². The smallest absolute Gasteiger partial charge is 0.327 e. The van der Waals surface area contributed by atoms with Crippen LogP contribution in [-0.4, -0.2) is 69.8 Å². The average Bonchev–Trinajstić information content (AvgIpc) is 2.59. The summed E-state index contributed by atoms with van der Waals surface area (Å²) >= 11 is 3.86. The number of nitrogens with two attached hydrogens (primary N) is 1. The van der Waals surface area contributed by atoms with E-state index in [2.05, 4.69) is 28.6 Å². The van der Waals surface area contributed by atoms with E-state index in [1.54, 1.807) is 13.8 Å². The van der Waals surface area contributed by atoms with Crippen molar-refractivity contribution in [2.24, 2.45) is 11.7 Å². The second-order valence-electron chi connectivity index (χ2n) is 6.59. The van der Waals surface area contributed by atoms with Crippen LogP contribution in [0.3, 0.4) is 0 Å². The molecule has 0 aliphatic carbocycles. The van der Waals surface area contributed by atoms with Crippen LogP contribution in [0, 0.1) is 5.92 Å². The van der Waals surface area contributed by atoms with E-state index < -0.39 is 66.2 Å². The highest BCUT2D eigenvalue weighted by Crippen LogP contribution is 2.06. The number of nitrogens with one attached hydrogen (secondary N) is 3. The van der Waals surface area contributed by atoms with Crippen molar-refractivity contribution in [3.05, 3.63) is 0 Å². The first-order chi connectivity index (χ1) is 12.9. The number of thiol groups is 1. The van der Waals surface area contributed by atoms with Gasteiger partial charge in [0.15, 0.2) is 0 Å². The van der Waals surface area contributed by atoms with E-state index >= 15 is 0 Å². The van der Waals surface area contributed by atoms with E-state index in [9.17, 15) is 24.0 Å². The van der Waals surface area contributed by atoms with Crippen LogP contribution in [-0.2, 0) is 24.0 Å². The molecule has 0 fully saturated rings. The molecule has 28 heavy (non-hydrogen) atoms. The summed E-state index contributed by atoms with van der Waals surface area (Å²) in [5.41, 5.74) is 5.45. The number of hydrogen-bond donors (Lipinski definition) is 7. The van der Waals surface area contributed by atoms with Gasteiger partial charge in [0.2, 0.25) is 17.7 Å². The predicted molar refractivity (Wildman–Crippen MR) is 103 cm³/mol. The van der Waals surface area contributed by atoms with Crippen LogP contribution in [0.1, 0.15) is 33.6 Å². The Hall–Kier alpha value is -2.34. The number of aliphatic carboxylic acids is 2. The molecule has 4 unspecified atom stereocenters. The summed E-state index contributed by atoms with van der Waals surface area (Å²) in [6.07, 6.45) is -0.600. The van der Waals surface area contributed by atoms with Gasteiger partial charge in [0.05, 0.1) is 6.04 Å². The van der Waals surface area contributed by atoms with Crippen LogP contribution in [0.25, 0.3) is 0 Å². The largest absolute Gasteiger partial charge is 0.481 e. The molecule has 0 bridgehead atoms. The summed E-state index contributed by atoms with van der Waals surface area (Å²) in [6, 6.07) is -4.48. The van der Waals surface area contributed by atoms with Gasteiger partial charge < -0.3 is 31.9 Å². The van der Waals surface area contributed by atoms with Crippen LogP contribution in [0.5, 0.6) is 0 Å². The molecule has 0 aromatic carbocycles. The fourth-order valence-corrected chi connectivity index (χ4v) is 2.32. The highest BCUT2D eigenvalue weighted by Gasteiger charge is 2.31. The number of hydrogen-bond acceptors (Lipinski definition) is 7. The standard InChI is InChI=1S/C16H28N4O7S/c1-7(2)12(15(25)19-10(6-28)16(26)27)20-14(24)9(4-5-11(21)22)18-13(23)8(3)17/h7-10,12,28H,4-6,17H2,1-3H3,(H,18,23)(H,19,25)(H,20,24)(H,21,22)(H,26,27). The minimum absolute atomic E-state index is 0.147. The SMILES string of the molecule is CC(N)C(=O)NC(CCC(=O)O)C(=O)NC(C(=O)NC(CS)C(=O)O)C(C)C. The van der Waals surface area contributed by atoms with Crippen molar-refractivity contribution >= 4 is 42.3 Å². The zero-order valence-electron chi connectivity index (χ0n) is 16.0. The molecular formula is C16H28N4O7S. The molecule has 0 saturated heterocycles. The van der Waals surface area contributed by atoms with E-state index in [1.165, 1.54) is 6.92 Å². The normalized spacial score (nSPS) is 15.1. The molecule has 0 aromatic rings. The van der Waals surface area contributed by atoms with Crippen LogP contribution in [0.15, 0.2) is 0 Å². The van der Waals surface area contributed by atoms with Crippen molar-refractivity contribution in [1.29, 1.82) is 0 Å². The fraction of sp³-hybridized carbons (Fsp3) is 0.688.